The number of benzene rings is 4. The zero-order valence-corrected chi connectivity index (χ0v) is 65.2. The van der Waals surface area contributed by atoms with Crippen LogP contribution in [0.2, 0.25) is 0 Å². The number of aryl methyl sites for hydroxylation is 1. The second-order valence-electron chi connectivity index (χ2n) is 29.2. The van der Waals surface area contributed by atoms with Gasteiger partial charge in [0.15, 0.2) is 21.9 Å². The summed E-state index contributed by atoms with van der Waals surface area (Å²) in [6.45, 7) is 11.1. The summed E-state index contributed by atoms with van der Waals surface area (Å²) in [7, 11) is 1.87. The molecule has 6 aliphatic rings. The van der Waals surface area contributed by atoms with Gasteiger partial charge in [0.2, 0.25) is 53.5 Å². The van der Waals surface area contributed by atoms with E-state index in [-0.39, 0.29) is 83.1 Å². The molecule has 4 unspecified atom stereocenters. The lowest BCUT2D eigenvalue weighted by Gasteiger charge is -2.26. The lowest BCUT2D eigenvalue weighted by Crippen LogP contribution is -2.26. The van der Waals surface area contributed by atoms with Gasteiger partial charge in [-0.25, -0.2) is 32.2 Å². The molecule has 0 bridgehead atoms. The van der Waals surface area contributed by atoms with Gasteiger partial charge in [-0.15, -0.1) is 27.8 Å². The van der Waals surface area contributed by atoms with Gasteiger partial charge in [0.1, 0.15) is 46.5 Å². The molecule has 35 heteroatoms. The van der Waals surface area contributed by atoms with E-state index in [9.17, 15) is 22.4 Å². The van der Waals surface area contributed by atoms with E-state index < -0.39 is 0 Å². The molecule has 4 atom stereocenters. The Bertz CT molecular complexity index is 5310. The van der Waals surface area contributed by atoms with Crippen LogP contribution in [0.25, 0.3) is 0 Å². The van der Waals surface area contributed by atoms with Crippen molar-refractivity contribution in [1.82, 2.24) is 79.8 Å². The molecule has 6 fully saturated rings. The normalized spacial score (nSPS) is 17.8. The summed E-state index contributed by atoms with van der Waals surface area (Å²) in [5, 5.41) is 22.9. The molecule has 12 aromatic rings. The van der Waals surface area contributed by atoms with Gasteiger partial charge in [-0.1, -0.05) is 62.4 Å². The van der Waals surface area contributed by atoms with E-state index in [0.717, 1.165) is 157 Å². The highest BCUT2D eigenvalue weighted by atomic mass is 32.1. The van der Waals surface area contributed by atoms with Crippen LogP contribution in [-0.4, -0.2) is 119 Å². The molecule has 2 aliphatic carbocycles. The predicted octanol–water partition coefficient (Wildman–Crippen LogP) is 15.6. The highest BCUT2D eigenvalue weighted by Gasteiger charge is 2.35. The first-order valence-electron chi connectivity index (χ1n) is 38.1. The van der Waals surface area contributed by atoms with E-state index in [1.165, 1.54) is 77.9 Å². The van der Waals surface area contributed by atoms with Gasteiger partial charge < -0.3 is 58.5 Å². The molecule has 590 valence electrons. The smallest absolute Gasteiger partial charge is 0.244 e. The zero-order valence-electron chi connectivity index (χ0n) is 63.5. The number of carbonyl (C=O) groups is 1. The van der Waals surface area contributed by atoms with E-state index >= 15 is 0 Å². The number of hydrogen-bond donors (Lipinski definition) is 8. The van der Waals surface area contributed by atoms with Gasteiger partial charge in [0, 0.05) is 104 Å². The fourth-order valence-corrected chi connectivity index (χ4v) is 16.2. The lowest BCUT2D eigenvalue weighted by molar-refractivity contribution is 0.0917. The maximum absolute atomic E-state index is 13.3. The minimum absolute atomic E-state index is 0.0358. The number of nitrogens with two attached hydrogens (primary N) is 4. The molecule has 4 aliphatic heterocycles. The number of aromatic nitrogens is 16. The number of nitrogens with zero attached hydrogens (tertiary/aromatic N) is 20. The van der Waals surface area contributed by atoms with Gasteiger partial charge in [-0.2, -0.15) is 54.9 Å². The van der Waals surface area contributed by atoms with Crippen LogP contribution in [0.4, 0.5) is 110 Å². The molecular weight excluding hydrogens is 1500 g/mol. The molecule has 4 saturated heterocycles. The average Bonchev–Trinajstić information content (AvgIpc) is 1.63. The van der Waals surface area contributed by atoms with E-state index in [2.05, 4.69) is 125 Å². The third-order valence-corrected chi connectivity index (χ3v) is 22.6. The number of carbonyl (C=O) groups excluding carboxylic acids is 1. The van der Waals surface area contributed by atoms with Gasteiger partial charge in [-0.05, 0) is 161 Å². The van der Waals surface area contributed by atoms with Crippen LogP contribution in [-0.2, 0) is 0 Å². The molecule has 12 N–H and O–H groups in total. The van der Waals surface area contributed by atoms with Crippen LogP contribution in [0, 0.1) is 30.2 Å². The van der Waals surface area contributed by atoms with Crippen LogP contribution in [0.15, 0.2) is 134 Å². The number of thiazole rings is 2. The Morgan fingerprint density at radius 3 is 1.39 bits per heavy atom. The zero-order chi connectivity index (χ0) is 79.3. The number of anilines is 16. The van der Waals surface area contributed by atoms with Crippen molar-refractivity contribution < 1.29 is 22.4 Å². The molecule has 0 amide bonds. The van der Waals surface area contributed by atoms with Gasteiger partial charge in [-0.3, -0.25) is 14.8 Å². The summed E-state index contributed by atoms with van der Waals surface area (Å²) < 4.78 is 54.6. The number of hydrogen-bond acceptors (Lipinski definition) is 29. The SMILES string of the molecule is CC(=O)n1nc(Nc2nc(N)nc(N3CCCC3c3ccc(F)cc3)n2)cc1C1CC1.CC(C)c1cnc(Nc2cc(N3CCCC3c3ccc(F)cc3)nc(N)n2)s1.CN(c1cc(C2CC2)[nH]n1)c1nc(N)nc(N2CCCC2c2ccc(F)cc2)n1.Cc1cnc(Nc2cc(N3CCCC3c3ccc(F)cc3)nc(N)n2)s1. The largest absolute Gasteiger partial charge is 0.368 e. The van der Waals surface area contributed by atoms with Crippen LogP contribution < -0.4 is 63.4 Å². The third kappa shape index (κ3) is 18.6. The highest BCUT2D eigenvalue weighted by molar-refractivity contribution is 7.16. The van der Waals surface area contributed by atoms with E-state index in [1.54, 1.807) is 34.8 Å². The second kappa shape index (κ2) is 34.0. The molecule has 0 radical (unpaired) electrons. The summed E-state index contributed by atoms with van der Waals surface area (Å²) in [5.41, 5.74) is 30.1. The first-order chi connectivity index (χ1) is 55.1. The fraction of sp³-hybridized carbons (Fsp3) is 0.354. The first kappa shape index (κ1) is 77.1. The molecule has 0 spiro atoms. The second-order valence-corrected chi connectivity index (χ2v) is 31.5. The molecule has 18 rings (SSSR count). The number of halogens is 4. The van der Waals surface area contributed by atoms with E-state index in [4.69, 9.17) is 22.9 Å². The fourth-order valence-electron chi connectivity index (χ4n) is 14.7. The summed E-state index contributed by atoms with van der Waals surface area (Å²) in [5.74, 6) is 6.69. The van der Waals surface area contributed by atoms with Crippen molar-refractivity contribution in [2.75, 3.05) is 96.6 Å². The lowest BCUT2D eigenvalue weighted by atomic mass is 10.0. The van der Waals surface area contributed by atoms with Gasteiger partial charge in [0.25, 0.3) is 0 Å². The topological polar surface area (TPSA) is 375 Å². The van der Waals surface area contributed by atoms with Gasteiger partial charge >= 0.3 is 0 Å². The Morgan fingerprint density at radius 1 is 0.500 bits per heavy atom. The van der Waals surface area contributed by atoms with Crippen LogP contribution >= 0.6 is 22.7 Å². The Hall–Kier alpha value is -12.3. The van der Waals surface area contributed by atoms with Crippen LogP contribution in [0.1, 0.15) is 188 Å². The molecule has 12 heterocycles. The minimum atomic E-state index is -0.264. The predicted molar refractivity (Wildman–Crippen MR) is 436 cm³/mol. The first-order valence-corrected chi connectivity index (χ1v) is 39.8. The highest BCUT2D eigenvalue weighted by Crippen LogP contribution is 2.45. The molecular formula is C79H88F4N28OS2. The maximum Gasteiger partial charge on any atom is 0.244 e. The van der Waals surface area contributed by atoms with Crippen molar-refractivity contribution in [3.63, 3.8) is 0 Å². The molecule has 114 heavy (non-hydrogen) atoms. The minimum Gasteiger partial charge on any atom is -0.368 e. The number of nitrogen functional groups attached to an aromatic ring is 4. The van der Waals surface area contributed by atoms with Crippen molar-refractivity contribution in [2.45, 2.75) is 147 Å². The average molecular weight is 1590 g/mol. The standard InChI is InChI=1S/C21H23FN8O.C20H23FN8.C20H23FN6S.C18H19FN6S/c1-12(31)30-17(14-4-5-14)11-18(28-30)24-20-25-19(23)26-21(27-20)29-10-2-3-16(29)13-6-8-15(22)9-7-13;1-28(17-11-15(26-27-17)12-4-5-12)19-23-18(22)24-20(25-19)29-10-2-3-16(29)13-6-8-14(21)9-7-13;1-12(2)16-11-23-20(28-16)25-17-10-18(26-19(22)24-17)27-9-3-4-15(27)13-5-7-14(21)8-6-13;1-11-10-21-18(26-11)23-15-9-16(24-17(20)22-15)25-8-2-3-14(25)12-4-6-13(19)7-5-12/h6-9,11,14,16H,2-5,10H2,1H3,(H3,23,24,25,26,27,28);6-9,11-12,16H,2-5,10H2,1H3,(H,26,27)(H2,22,23,24,25);5-8,10-12,15H,3-4,9H2,1-2H3,(H3,22,23,24,25,26);4-7,9-10,14H,2-3,8H2,1H3,(H3,20,21,22,23,24). The Labute approximate surface area is 663 Å². The van der Waals surface area contributed by atoms with E-state index in [0.29, 0.717) is 53.1 Å². The quantitative estimate of drug-likeness (QED) is 0.0349. The molecule has 4 aromatic carbocycles. The Balaban J connectivity index is 0.000000120. The van der Waals surface area contributed by atoms with Crippen molar-refractivity contribution in [2.24, 2.45) is 0 Å². The Kier molecular flexibility index (Phi) is 23.0. The van der Waals surface area contributed by atoms with Crippen molar-refractivity contribution in [3.8, 4) is 0 Å². The summed E-state index contributed by atoms with van der Waals surface area (Å²) in [6, 6.07) is 34.6. The van der Waals surface area contributed by atoms with Crippen molar-refractivity contribution >= 4 is 121 Å². The summed E-state index contributed by atoms with van der Waals surface area (Å²) in [4.78, 5) is 77.2. The summed E-state index contributed by atoms with van der Waals surface area (Å²) >= 11 is 3.16. The summed E-state index contributed by atoms with van der Waals surface area (Å²) in [6.07, 6.45) is 16.1. The monoisotopic (exact) mass is 1580 g/mol. The Morgan fingerprint density at radius 2 is 0.939 bits per heavy atom. The van der Waals surface area contributed by atoms with Crippen LogP contribution in [0.5, 0.6) is 0 Å². The van der Waals surface area contributed by atoms with Crippen molar-refractivity contribution in [3.05, 3.63) is 200 Å². The maximum atomic E-state index is 13.3. The number of nitrogens with one attached hydrogen (secondary N) is 4. The molecule has 29 nitrogen and oxygen atoms in total. The molecule has 2 saturated carbocycles. The van der Waals surface area contributed by atoms with Crippen LogP contribution in [0.3, 0.4) is 0 Å². The third-order valence-electron chi connectivity index (χ3n) is 20.6. The van der Waals surface area contributed by atoms with E-state index in [1.807, 2.05) is 91.9 Å². The number of rotatable bonds is 19. The molecule has 8 aromatic heterocycles. The van der Waals surface area contributed by atoms with Gasteiger partial charge in [0.05, 0.1) is 29.9 Å². The number of H-pyrrole nitrogens is 1. The number of aromatic amines is 1. The van der Waals surface area contributed by atoms with Crippen molar-refractivity contribution in [1.29, 1.82) is 0 Å².